The highest BCUT2D eigenvalue weighted by Gasteiger charge is 2.26. The highest BCUT2D eigenvalue weighted by molar-refractivity contribution is 5.76. The monoisotopic (exact) mass is 268 g/mol. The molecule has 2 heterocycles. The maximum absolute atomic E-state index is 12.3. The van der Waals surface area contributed by atoms with E-state index in [2.05, 4.69) is 5.32 Å². The second kappa shape index (κ2) is 7.85. The summed E-state index contributed by atoms with van der Waals surface area (Å²) < 4.78 is 0. The number of carbonyl (C=O) groups is 1. The topological polar surface area (TPSA) is 52.6 Å². The predicted molar refractivity (Wildman–Crippen MR) is 75.9 cm³/mol. The smallest absolute Gasteiger partial charge is 0.222 e. The molecule has 2 aliphatic heterocycles. The molecule has 19 heavy (non-hydrogen) atoms. The van der Waals surface area contributed by atoms with Crippen LogP contribution in [0.25, 0.3) is 0 Å². The Morgan fingerprint density at radius 2 is 2.11 bits per heavy atom. The lowest BCUT2D eigenvalue weighted by molar-refractivity contribution is -0.135. The first-order chi connectivity index (χ1) is 9.31. The molecular weight excluding hydrogens is 240 g/mol. The van der Waals surface area contributed by atoms with Crippen LogP contribution >= 0.6 is 0 Å². The van der Waals surface area contributed by atoms with Crippen molar-refractivity contribution in [3.63, 3.8) is 0 Å². The third-order valence-electron chi connectivity index (χ3n) is 4.58. The van der Waals surface area contributed by atoms with Gasteiger partial charge < -0.3 is 15.3 Å². The van der Waals surface area contributed by atoms with E-state index in [1.165, 1.54) is 19.3 Å². The highest BCUT2D eigenvalue weighted by Crippen LogP contribution is 2.22. The molecule has 4 heteroatoms. The quantitative estimate of drug-likeness (QED) is 0.795. The lowest BCUT2D eigenvalue weighted by Crippen LogP contribution is -2.44. The van der Waals surface area contributed by atoms with Crippen LogP contribution in [0, 0.1) is 5.92 Å². The van der Waals surface area contributed by atoms with Crippen LogP contribution in [0.15, 0.2) is 0 Å². The van der Waals surface area contributed by atoms with Crippen LogP contribution in [0.1, 0.15) is 51.4 Å². The first kappa shape index (κ1) is 14.8. The summed E-state index contributed by atoms with van der Waals surface area (Å²) in [7, 11) is 0. The van der Waals surface area contributed by atoms with E-state index < -0.39 is 0 Å². The van der Waals surface area contributed by atoms with Crippen LogP contribution < -0.4 is 5.32 Å². The lowest BCUT2D eigenvalue weighted by atomic mass is 9.93. The van der Waals surface area contributed by atoms with Crippen LogP contribution in [0.2, 0.25) is 0 Å². The average Bonchev–Trinajstić information content (AvgIpc) is 2.47. The molecule has 2 aliphatic rings. The van der Waals surface area contributed by atoms with Gasteiger partial charge in [0.25, 0.3) is 0 Å². The zero-order valence-corrected chi connectivity index (χ0v) is 11.9. The van der Waals surface area contributed by atoms with Crippen LogP contribution in [0.3, 0.4) is 0 Å². The number of hydrogen-bond donors (Lipinski definition) is 2. The molecule has 2 N–H and O–H groups in total. The van der Waals surface area contributed by atoms with Gasteiger partial charge in [-0.05, 0) is 64.0 Å². The summed E-state index contributed by atoms with van der Waals surface area (Å²) in [6.07, 6.45) is 8.35. The molecule has 0 aromatic carbocycles. The number of carbonyl (C=O) groups excluding carboxylic acids is 1. The van der Waals surface area contributed by atoms with Crippen molar-refractivity contribution in [1.29, 1.82) is 0 Å². The summed E-state index contributed by atoms with van der Waals surface area (Å²) in [5, 5.41) is 12.5. The summed E-state index contributed by atoms with van der Waals surface area (Å²) in [5.41, 5.74) is 0. The van der Waals surface area contributed by atoms with E-state index in [1.807, 2.05) is 4.90 Å². The second-order valence-corrected chi connectivity index (χ2v) is 6.00. The zero-order valence-electron chi connectivity index (χ0n) is 11.9. The predicted octanol–water partition coefficient (Wildman–Crippen LogP) is 1.53. The van der Waals surface area contributed by atoms with Crippen molar-refractivity contribution >= 4 is 5.91 Å². The minimum absolute atomic E-state index is 0.195. The van der Waals surface area contributed by atoms with Crippen molar-refractivity contribution < 1.29 is 9.90 Å². The van der Waals surface area contributed by atoms with Crippen molar-refractivity contribution in [3.05, 3.63) is 0 Å². The number of likely N-dealkylation sites (tertiary alicyclic amines) is 1. The fourth-order valence-corrected chi connectivity index (χ4v) is 3.42. The van der Waals surface area contributed by atoms with Crippen molar-refractivity contribution in [2.24, 2.45) is 5.92 Å². The van der Waals surface area contributed by atoms with E-state index in [1.54, 1.807) is 0 Å². The van der Waals surface area contributed by atoms with Crippen LogP contribution in [-0.4, -0.2) is 48.2 Å². The zero-order chi connectivity index (χ0) is 13.5. The molecule has 0 spiro atoms. The number of aliphatic hydroxyl groups excluding tert-OH is 1. The number of piperidine rings is 2. The standard InChI is InChI=1S/C15H28N2O2/c18-11-8-14-5-1-2-10-17(14)15(19)7-6-13-4-3-9-16-12-13/h13-14,16,18H,1-12H2. The molecule has 0 aromatic rings. The van der Waals surface area contributed by atoms with E-state index >= 15 is 0 Å². The third kappa shape index (κ3) is 4.46. The maximum Gasteiger partial charge on any atom is 0.222 e. The summed E-state index contributed by atoms with van der Waals surface area (Å²) in [6.45, 7) is 3.30. The number of aliphatic hydroxyl groups is 1. The largest absolute Gasteiger partial charge is 0.396 e. The fraction of sp³-hybridized carbons (Fsp3) is 0.933. The number of nitrogens with zero attached hydrogens (tertiary/aromatic N) is 1. The molecule has 4 nitrogen and oxygen atoms in total. The van der Waals surface area contributed by atoms with E-state index in [0.29, 0.717) is 18.2 Å². The maximum atomic E-state index is 12.3. The minimum atomic E-state index is 0.195. The van der Waals surface area contributed by atoms with Crippen molar-refractivity contribution in [1.82, 2.24) is 10.2 Å². The van der Waals surface area contributed by atoms with Crippen LogP contribution in [-0.2, 0) is 4.79 Å². The summed E-state index contributed by atoms with van der Waals surface area (Å²) in [5.74, 6) is 0.988. The van der Waals surface area contributed by atoms with E-state index in [4.69, 9.17) is 5.11 Å². The first-order valence-electron chi connectivity index (χ1n) is 7.92. The van der Waals surface area contributed by atoms with Crippen LogP contribution in [0.4, 0.5) is 0 Å². The Kier molecular flexibility index (Phi) is 6.11. The Labute approximate surface area is 116 Å². The van der Waals surface area contributed by atoms with Gasteiger partial charge in [0.1, 0.15) is 0 Å². The normalized spacial score (nSPS) is 28.4. The summed E-state index contributed by atoms with van der Waals surface area (Å²) >= 11 is 0. The fourth-order valence-electron chi connectivity index (χ4n) is 3.42. The Morgan fingerprint density at radius 3 is 2.84 bits per heavy atom. The molecule has 2 fully saturated rings. The molecular formula is C15H28N2O2. The van der Waals surface area contributed by atoms with Gasteiger partial charge in [0, 0.05) is 25.6 Å². The Morgan fingerprint density at radius 1 is 1.21 bits per heavy atom. The molecule has 0 aromatic heterocycles. The number of hydrogen-bond acceptors (Lipinski definition) is 3. The van der Waals surface area contributed by atoms with Gasteiger partial charge in [-0.2, -0.15) is 0 Å². The van der Waals surface area contributed by atoms with Crippen LogP contribution in [0.5, 0.6) is 0 Å². The molecule has 2 unspecified atom stereocenters. The third-order valence-corrected chi connectivity index (χ3v) is 4.58. The minimum Gasteiger partial charge on any atom is -0.396 e. The van der Waals surface area contributed by atoms with E-state index in [9.17, 15) is 4.79 Å². The van der Waals surface area contributed by atoms with Gasteiger partial charge in [0.15, 0.2) is 0 Å². The van der Waals surface area contributed by atoms with Gasteiger partial charge in [0.2, 0.25) is 5.91 Å². The second-order valence-electron chi connectivity index (χ2n) is 6.00. The van der Waals surface area contributed by atoms with Crippen molar-refractivity contribution in [2.45, 2.75) is 57.4 Å². The average molecular weight is 268 g/mol. The Bertz CT molecular complexity index is 275. The van der Waals surface area contributed by atoms with Gasteiger partial charge in [-0.3, -0.25) is 4.79 Å². The molecule has 0 radical (unpaired) electrons. The molecule has 1 amide bonds. The van der Waals surface area contributed by atoms with Crippen molar-refractivity contribution in [2.75, 3.05) is 26.2 Å². The highest BCUT2D eigenvalue weighted by atomic mass is 16.3. The van der Waals surface area contributed by atoms with E-state index in [0.717, 1.165) is 45.3 Å². The number of amides is 1. The molecule has 0 saturated carbocycles. The van der Waals surface area contributed by atoms with Gasteiger partial charge in [-0.25, -0.2) is 0 Å². The molecule has 2 atom stereocenters. The Balaban J connectivity index is 1.76. The van der Waals surface area contributed by atoms with Gasteiger partial charge in [0.05, 0.1) is 0 Å². The molecule has 0 aliphatic carbocycles. The number of nitrogens with one attached hydrogen (secondary N) is 1. The molecule has 0 bridgehead atoms. The van der Waals surface area contributed by atoms with Gasteiger partial charge in [-0.15, -0.1) is 0 Å². The van der Waals surface area contributed by atoms with Crippen molar-refractivity contribution in [3.8, 4) is 0 Å². The van der Waals surface area contributed by atoms with E-state index in [-0.39, 0.29) is 12.6 Å². The van der Waals surface area contributed by atoms with Gasteiger partial charge in [-0.1, -0.05) is 0 Å². The molecule has 2 saturated heterocycles. The first-order valence-corrected chi connectivity index (χ1v) is 7.92. The SMILES string of the molecule is O=C(CCC1CCCNC1)N1CCCCC1CCO. The molecule has 2 rings (SSSR count). The molecule has 110 valence electrons. The van der Waals surface area contributed by atoms with Gasteiger partial charge >= 0.3 is 0 Å². The Hall–Kier alpha value is -0.610. The summed E-state index contributed by atoms with van der Waals surface area (Å²) in [6, 6.07) is 0.288. The lowest BCUT2D eigenvalue weighted by Gasteiger charge is -2.36. The summed E-state index contributed by atoms with van der Waals surface area (Å²) in [4.78, 5) is 14.4. The number of rotatable bonds is 5.